The Morgan fingerprint density at radius 1 is 1.42 bits per heavy atom. The summed E-state index contributed by atoms with van der Waals surface area (Å²) >= 11 is 0. The minimum Gasteiger partial charge on any atom is -0.359 e. The van der Waals surface area contributed by atoms with Gasteiger partial charge in [0.1, 0.15) is 5.82 Å². The van der Waals surface area contributed by atoms with Crippen LogP contribution in [-0.4, -0.2) is 54.2 Å². The second-order valence-electron chi connectivity index (χ2n) is 6.97. The van der Waals surface area contributed by atoms with E-state index < -0.39 is 0 Å². The van der Waals surface area contributed by atoms with Gasteiger partial charge >= 0.3 is 0 Å². The predicted octanol–water partition coefficient (Wildman–Crippen LogP) is 2.09. The van der Waals surface area contributed by atoms with E-state index in [2.05, 4.69) is 46.3 Å². The van der Waals surface area contributed by atoms with Crippen LogP contribution >= 0.6 is 0 Å². The van der Waals surface area contributed by atoms with Crippen molar-refractivity contribution >= 4 is 11.7 Å². The molecule has 0 aromatic carbocycles. The maximum atomic E-state index is 12.3. The standard InChI is InChI=1S/C19H27N5O2/c1-4-5-15-10-17(26-22-15)12-21-19(25)14-6-7-18(20-11-14)24-9-8-16(13-24)23(2)3/h6-7,10-11,16H,4-5,8-9,12-13H2,1-3H3,(H,21,25). The molecule has 1 aliphatic rings. The largest absolute Gasteiger partial charge is 0.359 e. The van der Waals surface area contributed by atoms with E-state index in [9.17, 15) is 4.79 Å². The van der Waals surface area contributed by atoms with Gasteiger partial charge in [-0.1, -0.05) is 18.5 Å². The van der Waals surface area contributed by atoms with Crippen LogP contribution in [0.1, 0.15) is 41.6 Å². The Hall–Kier alpha value is -2.41. The molecule has 0 spiro atoms. The summed E-state index contributed by atoms with van der Waals surface area (Å²) in [5, 5.41) is 6.83. The second-order valence-corrected chi connectivity index (χ2v) is 6.97. The van der Waals surface area contributed by atoms with Crippen LogP contribution in [-0.2, 0) is 13.0 Å². The Kier molecular flexibility index (Phi) is 5.88. The average molecular weight is 357 g/mol. The van der Waals surface area contributed by atoms with E-state index in [4.69, 9.17) is 4.52 Å². The molecule has 0 bridgehead atoms. The summed E-state index contributed by atoms with van der Waals surface area (Å²) in [4.78, 5) is 21.3. The minimum atomic E-state index is -0.162. The molecule has 7 nitrogen and oxygen atoms in total. The number of pyridine rings is 1. The van der Waals surface area contributed by atoms with Gasteiger partial charge in [-0.25, -0.2) is 4.98 Å². The summed E-state index contributed by atoms with van der Waals surface area (Å²) in [6.07, 6.45) is 4.67. The molecular formula is C19H27N5O2. The molecule has 0 aliphatic carbocycles. The van der Waals surface area contributed by atoms with Gasteiger partial charge in [-0.3, -0.25) is 4.79 Å². The molecule has 1 unspecified atom stereocenters. The third-order valence-electron chi connectivity index (χ3n) is 4.76. The third kappa shape index (κ3) is 4.40. The van der Waals surface area contributed by atoms with Crippen LogP contribution in [0.25, 0.3) is 0 Å². The van der Waals surface area contributed by atoms with Crippen molar-refractivity contribution in [2.45, 2.75) is 38.8 Å². The van der Waals surface area contributed by atoms with Crippen LogP contribution in [0.5, 0.6) is 0 Å². The van der Waals surface area contributed by atoms with Crippen molar-refractivity contribution in [2.24, 2.45) is 0 Å². The number of aromatic nitrogens is 2. The first-order valence-corrected chi connectivity index (χ1v) is 9.17. The van der Waals surface area contributed by atoms with Crippen LogP contribution in [0.3, 0.4) is 0 Å². The summed E-state index contributed by atoms with van der Waals surface area (Å²) < 4.78 is 5.23. The lowest BCUT2D eigenvalue weighted by atomic mass is 10.2. The molecule has 3 heterocycles. The van der Waals surface area contributed by atoms with E-state index >= 15 is 0 Å². The van der Waals surface area contributed by atoms with Gasteiger partial charge in [0.15, 0.2) is 5.76 Å². The minimum absolute atomic E-state index is 0.162. The quantitative estimate of drug-likeness (QED) is 0.818. The molecule has 3 rings (SSSR count). The van der Waals surface area contributed by atoms with E-state index in [1.54, 1.807) is 6.20 Å². The van der Waals surface area contributed by atoms with Crippen LogP contribution in [0.4, 0.5) is 5.82 Å². The van der Waals surface area contributed by atoms with Gasteiger partial charge < -0.3 is 19.6 Å². The lowest BCUT2D eigenvalue weighted by molar-refractivity contribution is 0.0946. The number of rotatable bonds is 7. The molecule has 1 N–H and O–H groups in total. The maximum absolute atomic E-state index is 12.3. The van der Waals surface area contributed by atoms with Gasteiger partial charge in [0.05, 0.1) is 17.8 Å². The van der Waals surface area contributed by atoms with Crippen molar-refractivity contribution in [1.29, 1.82) is 0 Å². The van der Waals surface area contributed by atoms with E-state index in [0.717, 1.165) is 43.9 Å². The number of anilines is 1. The number of likely N-dealkylation sites (N-methyl/N-ethyl adjacent to an activating group) is 1. The van der Waals surface area contributed by atoms with Gasteiger partial charge in [0, 0.05) is 31.4 Å². The highest BCUT2D eigenvalue weighted by Crippen LogP contribution is 2.20. The van der Waals surface area contributed by atoms with Gasteiger partial charge in [-0.2, -0.15) is 0 Å². The lowest BCUT2D eigenvalue weighted by Crippen LogP contribution is -2.31. The Morgan fingerprint density at radius 2 is 2.27 bits per heavy atom. The van der Waals surface area contributed by atoms with Gasteiger partial charge in [0.2, 0.25) is 0 Å². The van der Waals surface area contributed by atoms with Gasteiger partial charge in [-0.05, 0) is 39.1 Å². The predicted molar refractivity (Wildman–Crippen MR) is 100 cm³/mol. The van der Waals surface area contributed by atoms with E-state index in [1.807, 2.05) is 18.2 Å². The zero-order chi connectivity index (χ0) is 18.5. The number of hydrogen-bond donors (Lipinski definition) is 1. The summed E-state index contributed by atoms with van der Waals surface area (Å²) in [5.41, 5.74) is 1.47. The highest BCUT2D eigenvalue weighted by atomic mass is 16.5. The van der Waals surface area contributed by atoms with E-state index in [-0.39, 0.29) is 5.91 Å². The fraction of sp³-hybridized carbons (Fsp3) is 0.526. The fourth-order valence-electron chi connectivity index (χ4n) is 3.16. The first kappa shape index (κ1) is 18.4. The molecule has 2 aromatic heterocycles. The van der Waals surface area contributed by atoms with Crippen LogP contribution in [0.2, 0.25) is 0 Å². The van der Waals surface area contributed by atoms with Crippen molar-refractivity contribution in [3.63, 3.8) is 0 Å². The van der Waals surface area contributed by atoms with Crippen LogP contribution < -0.4 is 10.2 Å². The number of nitrogens with zero attached hydrogens (tertiary/aromatic N) is 4. The van der Waals surface area contributed by atoms with E-state index in [0.29, 0.717) is 23.9 Å². The molecule has 2 aromatic rings. The first-order valence-electron chi connectivity index (χ1n) is 9.17. The molecular weight excluding hydrogens is 330 g/mol. The molecule has 0 saturated carbocycles. The van der Waals surface area contributed by atoms with Crippen LogP contribution in [0, 0.1) is 0 Å². The molecule has 7 heteroatoms. The number of nitrogens with one attached hydrogen (secondary N) is 1. The van der Waals surface area contributed by atoms with Crippen molar-refractivity contribution < 1.29 is 9.32 Å². The normalized spacial score (nSPS) is 17.1. The van der Waals surface area contributed by atoms with Crippen molar-refractivity contribution in [3.8, 4) is 0 Å². The summed E-state index contributed by atoms with van der Waals surface area (Å²) in [7, 11) is 4.21. The SMILES string of the molecule is CCCc1cc(CNC(=O)c2ccc(N3CCC(N(C)C)C3)nc2)on1. The van der Waals surface area contributed by atoms with Crippen molar-refractivity contribution in [1.82, 2.24) is 20.4 Å². The topological polar surface area (TPSA) is 74.5 Å². The molecule has 140 valence electrons. The lowest BCUT2D eigenvalue weighted by Gasteiger charge is -2.21. The monoisotopic (exact) mass is 357 g/mol. The molecule has 1 saturated heterocycles. The Balaban J connectivity index is 1.53. The van der Waals surface area contributed by atoms with Crippen molar-refractivity contribution in [3.05, 3.63) is 41.4 Å². The van der Waals surface area contributed by atoms with E-state index in [1.165, 1.54) is 0 Å². The Morgan fingerprint density at radius 3 is 2.92 bits per heavy atom. The summed E-state index contributed by atoms with van der Waals surface area (Å²) in [6.45, 7) is 4.38. The van der Waals surface area contributed by atoms with Gasteiger partial charge in [-0.15, -0.1) is 0 Å². The van der Waals surface area contributed by atoms with Gasteiger partial charge in [0.25, 0.3) is 5.91 Å². The fourth-order valence-corrected chi connectivity index (χ4v) is 3.16. The smallest absolute Gasteiger partial charge is 0.253 e. The maximum Gasteiger partial charge on any atom is 0.253 e. The third-order valence-corrected chi connectivity index (χ3v) is 4.76. The zero-order valence-corrected chi connectivity index (χ0v) is 15.7. The Bertz CT molecular complexity index is 726. The highest BCUT2D eigenvalue weighted by Gasteiger charge is 2.24. The number of amides is 1. The molecule has 1 fully saturated rings. The number of aryl methyl sites for hydroxylation is 1. The molecule has 1 amide bonds. The number of carbonyl (C=O) groups excluding carboxylic acids is 1. The summed E-state index contributed by atoms with van der Waals surface area (Å²) in [5.74, 6) is 1.42. The van der Waals surface area contributed by atoms with Crippen molar-refractivity contribution in [2.75, 3.05) is 32.1 Å². The molecule has 1 aliphatic heterocycles. The molecule has 1 atom stereocenters. The first-order chi connectivity index (χ1) is 12.6. The number of hydrogen-bond acceptors (Lipinski definition) is 6. The van der Waals surface area contributed by atoms with Crippen LogP contribution in [0.15, 0.2) is 28.9 Å². The average Bonchev–Trinajstić information content (AvgIpc) is 3.30. The summed E-state index contributed by atoms with van der Waals surface area (Å²) in [6, 6.07) is 6.18. The molecule has 0 radical (unpaired) electrons. The Labute approximate surface area is 154 Å². The zero-order valence-electron chi connectivity index (χ0n) is 15.7. The highest BCUT2D eigenvalue weighted by molar-refractivity contribution is 5.93. The number of carbonyl (C=O) groups is 1. The second kappa shape index (κ2) is 8.31. The molecule has 26 heavy (non-hydrogen) atoms.